The molecule has 1 aromatic rings. The van der Waals surface area contributed by atoms with E-state index in [9.17, 15) is 9.59 Å². The molecule has 1 aliphatic rings. The third-order valence-corrected chi connectivity index (χ3v) is 3.60. The predicted octanol–water partition coefficient (Wildman–Crippen LogP) is 2.40. The van der Waals surface area contributed by atoms with Crippen LogP contribution in [0.5, 0.6) is 0 Å². The van der Waals surface area contributed by atoms with Crippen LogP contribution >= 0.6 is 11.8 Å². The average Bonchev–Trinajstić information content (AvgIpc) is 2.33. The Labute approximate surface area is 116 Å². The highest BCUT2D eigenvalue weighted by Gasteiger charge is 2.42. The first kappa shape index (κ1) is 13.9. The molecule has 102 valence electrons. The van der Waals surface area contributed by atoms with Gasteiger partial charge in [0.25, 0.3) is 5.79 Å². The number of thioether (sulfide) groups is 1. The maximum absolute atomic E-state index is 11.8. The van der Waals surface area contributed by atoms with Gasteiger partial charge < -0.3 is 9.47 Å². The maximum atomic E-state index is 11.8. The fourth-order valence-electron chi connectivity index (χ4n) is 1.91. The first-order chi connectivity index (χ1) is 8.91. The van der Waals surface area contributed by atoms with Crippen LogP contribution in [-0.2, 0) is 25.5 Å². The number of carbonyl (C=O) groups is 2. The summed E-state index contributed by atoms with van der Waals surface area (Å²) >= 11 is 1.64. The zero-order valence-electron chi connectivity index (χ0n) is 11.1. The molecule has 0 atom stereocenters. The Morgan fingerprint density at radius 3 is 2.11 bits per heavy atom. The molecule has 19 heavy (non-hydrogen) atoms. The van der Waals surface area contributed by atoms with Gasteiger partial charge in [-0.25, -0.2) is 0 Å². The van der Waals surface area contributed by atoms with Gasteiger partial charge in [-0.05, 0) is 30.4 Å². The molecule has 1 heterocycles. The number of hydrogen-bond donors (Lipinski definition) is 0. The maximum Gasteiger partial charge on any atom is 0.323 e. The monoisotopic (exact) mass is 280 g/mol. The van der Waals surface area contributed by atoms with Crippen molar-refractivity contribution >= 4 is 23.7 Å². The molecule has 0 bridgehead atoms. The third-order valence-electron chi connectivity index (χ3n) is 2.86. The Morgan fingerprint density at radius 1 is 1.11 bits per heavy atom. The van der Waals surface area contributed by atoms with Crippen molar-refractivity contribution in [3.05, 3.63) is 29.8 Å². The van der Waals surface area contributed by atoms with Gasteiger partial charge in [0.2, 0.25) is 0 Å². The van der Waals surface area contributed by atoms with Crippen molar-refractivity contribution in [1.82, 2.24) is 0 Å². The average molecular weight is 280 g/mol. The number of benzene rings is 1. The molecule has 0 unspecified atom stereocenters. The molecule has 1 saturated heterocycles. The highest BCUT2D eigenvalue weighted by Crippen LogP contribution is 2.26. The summed E-state index contributed by atoms with van der Waals surface area (Å²) in [5.74, 6) is -3.06. The van der Waals surface area contributed by atoms with Crippen molar-refractivity contribution < 1.29 is 19.1 Å². The van der Waals surface area contributed by atoms with Crippen LogP contribution in [0.4, 0.5) is 0 Å². The van der Waals surface area contributed by atoms with E-state index in [1.165, 1.54) is 0 Å². The standard InChI is InChI=1S/C14H16O4S/c1-14(2)17-12(15)11(13(16)18-14)8-9-4-6-10(19-3)7-5-9/h4-7,11H,8H2,1-3H3. The predicted molar refractivity (Wildman–Crippen MR) is 71.7 cm³/mol. The van der Waals surface area contributed by atoms with Crippen molar-refractivity contribution in [2.24, 2.45) is 5.92 Å². The van der Waals surface area contributed by atoms with Gasteiger partial charge in [0.15, 0.2) is 5.92 Å². The summed E-state index contributed by atoms with van der Waals surface area (Å²) in [7, 11) is 0. The van der Waals surface area contributed by atoms with Crippen LogP contribution in [0.2, 0.25) is 0 Å². The van der Waals surface area contributed by atoms with Gasteiger partial charge in [-0.15, -0.1) is 11.8 Å². The largest absolute Gasteiger partial charge is 0.422 e. The number of hydrogen-bond acceptors (Lipinski definition) is 5. The molecule has 0 aromatic heterocycles. The second-order valence-corrected chi connectivity index (χ2v) is 5.73. The molecule has 1 aliphatic heterocycles. The first-order valence-electron chi connectivity index (χ1n) is 6.00. The van der Waals surface area contributed by atoms with Crippen LogP contribution in [-0.4, -0.2) is 24.0 Å². The first-order valence-corrected chi connectivity index (χ1v) is 7.22. The van der Waals surface area contributed by atoms with E-state index in [4.69, 9.17) is 9.47 Å². The molecule has 0 radical (unpaired) electrons. The molecule has 0 amide bonds. The van der Waals surface area contributed by atoms with E-state index in [0.717, 1.165) is 10.5 Å². The normalized spacial score (nSPS) is 18.9. The smallest absolute Gasteiger partial charge is 0.323 e. The SMILES string of the molecule is CSc1ccc(CC2C(=O)OC(C)(C)OC2=O)cc1. The Balaban J connectivity index is 2.09. The van der Waals surface area contributed by atoms with E-state index >= 15 is 0 Å². The number of ether oxygens (including phenoxy) is 2. The highest BCUT2D eigenvalue weighted by molar-refractivity contribution is 7.98. The van der Waals surface area contributed by atoms with E-state index in [0.29, 0.717) is 6.42 Å². The number of carbonyl (C=O) groups excluding carboxylic acids is 2. The van der Waals surface area contributed by atoms with Gasteiger partial charge in [0.05, 0.1) is 0 Å². The fraction of sp³-hybridized carbons (Fsp3) is 0.429. The fourth-order valence-corrected chi connectivity index (χ4v) is 2.32. The summed E-state index contributed by atoms with van der Waals surface area (Å²) < 4.78 is 10.2. The quantitative estimate of drug-likeness (QED) is 0.483. The highest BCUT2D eigenvalue weighted by atomic mass is 32.2. The molecule has 0 saturated carbocycles. The second kappa shape index (κ2) is 5.25. The Kier molecular flexibility index (Phi) is 3.85. The molecular weight excluding hydrogens is 264 g/mol. The minimum atomic E-state index is -1.16. The third kappa shape index (κ3) is 3.29. The van der Waals surface area contributed by atoms with Gasteiger partial charge in [0, 0.05) is 18.7 Å². The minimum absolute atomic E-state index is 0.308. The molecule has 0 N–H and O–H groups in total. The summed E-state index contributed by atoms with van der Waals surface area (Å²) in [6.45, 7) is 3.10. The van der Waals surface area contributed by atoms with E-state index in [2.05, 4.69) is 0 Å². The van der Waals surface area contributed by atoms with Crippen LogP contribution in [0.3, 0.4) is 0 Å². The molecule has 5 heteroatoms. The summed E-state index contributed by atoms with van der Waals surface area (Å²) in [4.78, 5) is 24.8. The van der Waals surface area contributed by atoms with Gasteiger partial charge in [-0.1, -0.05) is 12.1 Å². The lowest BCUT2D eigenvalue weighted by atomic mass is 9.98. The van der Waals surface area contributed by atoms with Crippen molar-refractivity contribution in [2.75, 3.05) is 6.26 Å². The lowest BCUT2D eigenvalue weighted by molar-refractivity contribution is -0.239. The van der Waals surface area contributed by atoms with E-state index < -0.39 is 23.6 Å². The topological polar surface area (TPSA) is 52.6 Å². The van der Waals surface area contributed by atoms with Crippen LogP contribution in [0.25, 0.3) is 0 Å². The molecule has 0 spiro atoms. The molecule has 1 fully saturated rings. The van der Waals surface area contributed by atoms with Crippen LogP contribution in [0.15, 0.2) is 29.2 Å². The van der Waals surface area contributed by atoms with Crippen molar-refractivity contribution in [3.8, 4) is 0 Å². The zero-order valence-corrected chi connectivity index (χ0v) is 12.0. The molecule has 2 rings (SSSR count). The van der Waals surface area contributed by atoms with Gasteiger partial charge in [-0.2, -0.15) is 0 Å². The lowest BCUT2D eigenvalue weighted by Crippen LogP contribution is -2.46. The number of rotatable bonds is 3. The van der Waals surface area contributed by atoms with Gasteiger partial charge in [-0.3, -0.25) is 9.59 Å². The molecule has 0 aliphatic carbocycles. The summed E-state index contributed by atoms with van der Waals surface area (Å²) in [5.41, 5.74) is 0.913. The van der Waals surface area contributed by atoms with Crippen molar-refractivity contribution in [1.29, 1.82) is 0 Å². The molecule has 1 aromatic carbocycles. The lowest BCUT2D eigenvalue weighted by Gasteiger charge is -2.32. The van der Waals surface area contributed by atoms with Crippen LogP contribution in [0, 0.1) is 5.92 Å². The van der Waals surface area contributed by atoms with E-state index in [-0.39, 0.29) is 0 Å². The van der Waals surface area contributed by atoms with E-state index in [1.807, 2.05) is 30.5 Å². The Bertz CT molecular complexity index is 473. The minimum Gasteiger partial charge on any atom is -0.422 e. The molecule has 4 nitrogen and oxygen atoms in total. The summed E-state index contributed by atoms with van der Waals surface area (Å²) in [6, 6.07) is 7.74. The van der Waals surface area contributed by atoms with Crippen LogP contribution in [0.1, 0.15) is 19.4 Å². The second-order valence-electron chi connectivity index (χ2n) is 4.85. The Hall–Kier alpha value is -1.49. The van der Waals surface area contributed by atoms with Gasteiger partial charge in [0.1, 0.15) is 0 Å². The van der Waals surface area contributed by atoms with E-state index in [1.54, 1.807) is 25.6 Å². The number of esters is 2. The van der Waals surface area contributed by atoms with Gasteiger partial charge >= 0.3 is 11.9 Å². The summed E-state index contributed by atoms with van der Waals surface area (Å²) in [6.07, 6.45) is 2.30. The van der Waals surface area contributed by atoms with Crippen LogP contribution < -0.4 is 0 Å². The van der Waals surface area contributed by atoms with Crippen molar-refractivity contribution in [2.45, 2.75) is 31.0 Å². The summed E-state index contributed by atoms with van der Waals surface area (Å²) in [5, 5.41) is 0. The Morgan fingerprint density at radius 2 is 1.63 bits per heavy atom. The van der Waals surface area contributed by atoms with Crippen molar-refractivity contribution in [3.63, 3.8) is 0 Å². The number of cyclic esters (lactones) is 2. The zero-order chi connectivity index (χ0) is 14.0. The molecular formula is C14H16O4S.